The number of carbonyl (C=O) groups excluding carboxylic acids is 1. The van der Waals surface area contributed by atoms with Gasteiger partial charge in [-0.1, -0.05) is 18.7 Å². The molecule has 1 nitrogen and oxygen atoms in total. The summed E-state index contributed by atoms with van der Waals surface area (Å²) in [4.78, 5) is 11.5. The monoisotopic (exact) mass is 234 g/mol. The summed E-state index contributed by atoms with van der Waals surface area (Å²) >= 11 is 0.957. The van der Waals surface area contributed by atoms with Crippen molar-refractivity contribution in [3.05, 3.63) is 29.8 Å². The molecule has 0 aliphatic heterocycles. The van der Waals surface area contributed by atoms with E-state index in [0.717, 1.165) is 23.9 Å². The van der Waals surface area contributed by atoms with Crippen molar-refractivity contribution in [3.8, 4) is 0 Å². The standard InChI is InChI=1S/C10H9F3OS/c1-2-9(14)15-8-5-3-7(4-6-8)10(11,12)13/h3-6H,2H2,1H3. The number of thioether (sulfide) groups is 1. The van der Waals surface area contributed by atoms with E-state index in [1.165, 1.54) is 12.1 Å². The third-order valence-corrected chi connectivity index (χ3v) is 2.73. The number of hydrogen-bond donors (Lipinski definition) is 0. The third-order valence-electron chi connectivity index (χ3n) is 1.70. The number of benzene rings is 1. The lowest BCUT2D eigenvalue weighted by Crippen LogP contribution is -2.04. The number of alkyl halides is 3. The Morgan fingerprint density at radius 1 is 1.27 bits per heavy atom. The van der Waals surface area contributed by atoms with Crippen LogP contribution in [0.4, 0.5) is 13.2 Å². The van der Waals surface area contributed by atoms with Gasteiger partial charge in [0.2, 0.25) is 0 Å². The van der Waals surface area contributed by atoms with Gasteiger partial charge in [0.05, 0.1) is 5.56 Å². The zero-order valence-corrected chi connectivity index (χ0v) is 8.78. The maximum Gasteiger partial charge on any atom is 0.416 e. The van der Waals surface area contributed by atoms with Crippen LogP contribution in [0.15, 0.2) is 29.2 Å². The quantitative estimate of drug-likeness (QED) is 0.725. The van der Waals surface area contributed by atoms with E-state index in [0.29, 0.717) is 11.3 Å². The molecule has 15 heavy (non-hydrogen) atoms. The van der Waals surface area contributed by atoms with E-state index in [1.54, 1.807) is 6.92 Å². The minimum Gasteiger partial charge on any atom is -0.287 e. The van der Waals surface area contributed by atoms with Crippen LogP contribution in [0.5, 0.6) is 0 Å². The summed E-state index contributed by atoms with van der Waals surface area (Å²) in [7, 11) is 0. The van der Waals surface area contributed by atoms with E-state index >= 15 is 0 Å². The van der Waals surface area contributed by atoms with Gasteiger partial charge in [0.25, 0.3) is 0 Å². The van der Waals surface area contributed by atoms with Gasteiger partial charge in [0.1, 0.15) is 0 Å². The molecule has 0 atom stereocenters. The molecule has 1 aromatic rings. The van der Waals surface area contributed by atoms with Crippen molar-refractivity contribution < 1.29 is 18.0 Å². The number of carbonyl (C=O) groups is 1. The van der Waals surface area contributed by atoms with Crippen molar-refractivity contribution >= 4 is 16.9 Å². The molecule has 0 radical (unpaired) electrons. The zero-order valence-electron chi connectivity index (χ0n) is 7.97. The van der Waals surface area contributed by atoms with E-state index in [4.69, 9.17) is 0 Å². The molecule has 0 fully saturated rings. The summed E-state index contributed by atoms with van der Waals surface area (Å²) in [6.45, 7) is 1.71. The second-order valence-electron chi connectivity index (χ2n) is 2.85. The molecular formula is C10H9F3OS. The fourth-order valence-electron chi connectivity index (χ4n) is 0.916. The molecule has 0 aromatic heterocycles. The van der Waals surface area contributed by atoms with Crippen LogP contribution in [-0.4, -0.2) is 5.12 Å². The lowest BCUT2D eigenvalue weighted by Gasteiger charge is -2.06. The summed E-state index contributed by atoms with van der Waals surface area (Å²) < 4.78 is 36.5. The lowest BCUT2D eigenvalue weighted by molar-refractivity contribution is -0.137. The Labute approximate surface area is 89.7 Å². The highest BCUT2D eigenvalue weighted by atomic mass is 32.2. The smallest absolute Gasteiger partial charge is 0.287 e. The SMILES string of the molecule is CCC(=O)Sc1ccc(C(F)(F)F)cc1. The number of hydrogen-bond acceptors (Lipinski definition) is 2. The van der Waals surface area contributed by atoms with Crippen molar-refractivity contribution in [2.75, 3.05) is 0 Å². The van der Waals surface area contributed by atoms with Crippen LogP contribution in [-0.2, 0) is 11.0 Å². The second-order valence-corrected chi connectivity index (χ2v) is 3.98. The number of rotatable bonds is 2. The molecule has 82 valence electrons. The summed E-state index contributed by atoms with van der Waals surface area (Å²) in [5, 5.41) is -0.0604. The number of halogens is 3. The fraction of sp³-hybridized carbons (Fsp3) is 0.300. The van der Waals surface area contributed by atoms with Gasteiger partial charge in [-0.3, -0.25) is 4.79 Å². The molecule has 0 N–H and O–H groups in total. The third kappa shape index (κ3) is 3.58. The topological polar surface area (TPSA) is 17.1 Å². The van der Waals surface area contributed by atoms with E-state index < -0.39 is 11.7 Å². The van der Waals surface area contributed by atoms with E-state index in [9.17, 15) is 18.0 Å². The Bertz CT molecular complexity index is 343. The van der Waals surface area contributed by atoms with Gasteiger partial charge in [-0.2, -0.15) is 13.2 Å². The summed E-state index contributed by atoms with van der Waals surface area (Å²) in [6.07, 6.45) is -3.95. The first-order chi connectivity index (χ1) is 6.93. The molecule has 5 heteroatoms. The average Bonchev–Trinajstić information content (AvgIpc) is 2.17. The Morgan fingerprint density at radius 2 is 1.80 bits per heavy atom. The van der Waals surface area contributed by atoms with Crippen molar-refractivity contribution in [1.82, 2.24) is 0 Å². The van der Waals surface area contributed by atoms with E-state index in [-0.39, 0.29) is 5.12 Å². The van der Waals surface area contributed by atoms with Gasteiger partial charge in [0.15, 0.2) is 5.12 Å². The molecule has 0 unspecified atom stereocenters. The maximum absolute atomic E-state index is 12.2. The van der Waals surface area contributed by atoms with Gasteiger partial charge in [-0.25, -0.2) is 0 Å². The molecule has 0 saturated heterocycles. The molecule has 0 aliphatic carbocycles. The van der Waals surface area contributed by atoms with Gasteiger partial charge in [-0.15, -0.1) is 0 Å². The Morgan fingerprint density at radius 3 is 2.20 bits per heavy atom. The van der Waals surface area contributed by atoms with E-state index in [2.05, 4.69) is 0 Å². The fourth-order valence-corrected chi connectivity index (χ4v) is 1.59. The van der Waals surface area contributed by atoms with Gasteiger partial charge < -0.3 is 0 Å². The normalized spacial score (nSPS) is 11.5. The van der Waals surface area contributed by atoms with Gasteiger partial charge >= 0.3 is 6.18 Å². The largest absolute Gasteiger partial charge is 0.416 e. The van der Waals surface area contributed by atoms with Crippen LogP contribution >= 0.6 is 11.8 Å². The van der Waals surface area contributed by atoms with Crippen molar-refractivity contribution in [2.45, 2.75) is 24.4 Å². The minimum absolute atomic E-state index is 0.0604. The predicted octanol–water partition coefficient (Wildman–Crippen LogP) is 3.73. The first-order valence-corrected chi connectivity index (χ1v) is 5.13. The minimum atomic E-state index is -4.32. The summed E-state index contributed by atoms with van der Waals surface area (Å²) in [6, 6.07) is 4.57. The molecular weight excluding hydrogens is 225 g/mol. The molecule has 0 bridgehead atoms. The van der Waals surface area contributed by atoms with Crippen LogP contribution in [0.3, 0.4) is 0 Å². The van der Waals surface area contributed by atoms with Crippen molar-refractivity contribution in [1.29, 1.82) is 0 Å². The molecule has 0 aliphatic rings. The Hall–Kier alpha value is -0.970. The predicted molar refractivity (Wildman–Crippen MR) is 52.6 cm³/mol. The van der Waals surface area contributed by atoms with Crippen LogP contribution in [0.1, 0.15) is 18.9 Å². The molecule has 1 aromatic carbocycles. The highest BCUT2D eigenvalue weighted by molar-refractivity contribution is 8.13. The summed E-state index contributed by atoms with van der Waals surface area (Å²) in [5.41, 5.74) is -0.698. The zero-order chi connectivity index (χ0) is 11.5. The molecule has 0 heterocycles. The maximum atomic E-state index is 12.2. The van der Waals surface area contributed by atoms with Crippen LogP contribution < -0.4 is 0 Å². The van der Waals surface area contributed by atoms with Gasteiger partial charge in [-0.05, 0) is 24.3 Å². The molecule has 0 amide bonds. The van der Waals surface area contributed by atoms with Crippen molar-refractivity contribution in [2.24, 2.45) is 0 Å². The Balaban J connectivity index is 2.77. The first-order valence-electron chi connectivity index (χ1n) is 4.31. The van der Waals surface area contributed by atoms with Crippen LogP contribution in [0.2, 0.25) is 0 Å². The highest BCUT2D eigenvalue weighted by Gasteiger charge is 2.29. The molecule has 0 spiro atoms. The van der Waals surface area contributed by atoms with Crippen molar-refractivity contribution in [3.63, 3.8) is 0 Å². The average molecular weight is 234 g/mol. The van der Waals surface area contributed by atoms with Crippen LogP contribution in [0, 0.1) is 0 Å². The van der Waals surface area contributed by atoms with Gasteiger partial charge in [0, 0.05) is 11.3 Å². The second kappa shape index (κ2) is 4.70. The first kappa shape index (κ1) is 12.1. The lowest BCUT2D eigenvalue weighted by atomic mass is 10.2. The molecule has 1 rings (SSSR count). The van der Waals surface area contributed by atoms with Crippen LogP contribution in [0.25, 0.3) is 0 Å². The highest BCUT2D eigenvalue weighted by Crippen LogP contribution is 2.30. The van der Waals surface area contributed by atoms with E-state index in [1.807, 2.05) is 0 Å². The Kier molecular flexibility index (Phi) is 3.79. The summed E-state index contributed by atoms with van der Waals surface area (Å²) in [5.74, 6) is 0. The molecule has 0 saturated carbocycles.